The lowest BCUT2D eigenvalue weighted by Gasteiger charge is -2.10. The number of rotatable bonds is 5. The van der Waals surface area contributed by atoms with Gasteiger partial charge in [-0.05, 0) is 30.4 Å². The molecule has 0 saturated heterocycles. The van der Waals surface area contributed by atoms with Gasteiger partial charge in [-0.2, -0.15) is 0 Å². The van der Waals surface area contributed by atoms with Crippen molar-refractivity contribution >= 4 is 23.5 Å². The molecule has 0 radical (unpaired) electrons. The number of nitrogens with one attached hydrogen (secondary N) is 1. The van der Waals surface area contributed by atoms with Crippen LogP contribution < -0.4 is 10.1 Å². The molecule has 0 unspecified atom stereocenters. The lowest BCUT2D eigenvalue weighted by molar-refractivity contribution is 0.187. The molecule has 0 aliphatic rings. The monoisotopic (exact) mass is 255 g/mol. The van der Waals surface area contributed by atoms with Crippen LogP contribution in [-0.2, 0) is 4.74 Å². The number of carbonyl (C=O) groups is 1. The highest BCUT2D eigenvalue weighted by atomic mass is 32.2. The molecule has 0 atom stereocenters. The highest BCUT2D eigenvalue weighted by Gasteiger charge is 2.08. The first-order valence-corrected chi connectivity index (χ1v) is 6.35. The summed E-state index contributed by atoms with van der Waals surface area (Å²) in [6.45, 7) is 2.14. The van der Waals surface area contributed by atoms with Crippen molar-refractivity contribution in [1.82, 2.24) is 0 Å². The van der Waals surface area contributed by atoms with Crippen molar-refractivity contribution in [3.05, 3.63) is 18.2 Å². The molecule has 0 aliphatic carbocycles. The van der Waals surface area contributed by atoms with Gasteiger partial charge in [0.05, 0.1) is 19.9 Å². The lowest BCUT2D eigenvalue weighted by Crippen LogP contribution is -2.11. The summed E-state index contributed by atoms with van der Waals surface area (Å²) >= 11 is 1.76. The largest absolute Gasteiger partial charge is 0.495 e. The van der Waals surface area contributed by atoms with Gasteiger partial charge in [0.25, 0.3) is 0 Å². The number of methoxy groups -OCH3 is 2. The van der Waals surface area contributed by atoms with Gasteiger partial charge in [0.2, 0.25) is 0 Å². The average Bonchev–Trinajstić information content (AvgIpc) is 2.37. The Morgan fingerprint density at radius 3 is 2.76 bits per heavy atom. The highest BCUT2D eigenvalue weighted by molar-refractivity contribution is 7.99. The Hall–Kier alpha value is -1.36. The second kappa shape index (κ2) is 7.06. The van der Waals surface area contributed by atoms with E-state index < -0.39 is 6.09 Å². The maximum atomic E-state index is 11.1. The SMILES string of the molecule is CCCSc1ccc(NC(=O)OC)c(OC)c1. The van der Waals surface area contributed by atoms with Crippen LogP contribution in [0.5, 0.6) is 5.75 Å². The summed E-state index contributed by atoms with van der Waals surface area (Å²) in [6.07, 6.45) is 0.618. The summed E-state index contributed by atoms with van der Waals surface area (Å²) in [7, 11) is 2.90. The van der Waals surface area contributed by atoms with Crippen molar-refractivity contribution in [2.45, 2.75) is 18.2 Å². The van der Waals surface area contributed by atoms with E-state index in [0.717, 1.165) is 17.1 Å². The summed E-state index contributed by atoms with van der Waals surface area (Å²) in [6, 6.07) is 5.67. The van der Waals surface area contributed by atoms with E-state index in [-0.39, 0.29) is 0 Å². The maximum absolute atomic E-state index is 11.1. The minimum atomic E-state index is -0.503. The summed E-state index contributed by atoms with van der Waals surface area (Å²) in [5.74, 6) is 1.70. The number of anilines is 1. The number of hydrogen-bond acceptors (Lipinski definition) is 4. The van der Waals surface area contributed by atoms with E-state index in [4.69, 9.17) is 4.74 Å². The molecule has 1 aromatic rings. The van der Waals surface area contributed by atoms with Crippen LogP contribution in [0.25, 0.3) is 0 Å². The summed E-state index contributed by atoms with van der Waals surface area (Å²) in [5, 5.41) is 2.60. The van der Waals surface area contributed by atoms with Gasteiger partial charge >= 0.3 is 6.09 Å². The predicted molar refractivity (Wildman–Crippen MR) is 70.0 cm³/mol. The fourth-order valence-electron chi connectivity index (χ4n) is 1.25. The van der Waals surface area contributed by atoms with Crippen LogP contribution in [0.3, 0.4) is 0 Å². The zero-order valence-corrected chi connectivity index (χ0v) is 11.1. The van der Waals surface area contributed by atoms with E-state index in [9.17, 15) is 4.79 Å². The molecule has 0 spiro atoms. The molecule has 0 aliphatic heterocycles. The smallest absolute Gasteiger partial charge is 0.411 e. The van der Waals surface area contributed by atoms with Gasteiger partial charge in [-0.1, -0.05) is 6.92 Å². The van der Waals surface area contributed by atoms with Crippen molar-refractivity contribution in [2.75, 3.05) is 25.3 Å². The first-order chi connectivity index (χ1) is 8.21. The summed E-state index contributed by atoms with van der Waals surface area (Å²) < 4.78 is 9.77. The van der Waals surface area contributed by atoms with Gasteiger partial charge in [-0.3, -0.25) is 5.32 Å². The Balaban J connectivity index is 2.81. The van der Waals surface area contributed by atoms with E-state index >= 15 is 0 Å². The van der Waals surface area contributed by atoms with Crippen LogP contribution in [0.15, 0.2) is 23.1 Å². The van der Waals surface area contributed by atoms with Crippen LogP contribution in [0.1, 0.15) is 13.3 Å². The molecule has 4 nitrogen and oxygen atoms in total. The zero-order valence-electron chi connectivity index (χ0n) is 10.3. The van der Waals surface area contributed by atoms with Crippen LogP contribution >= 0.6 is 11.8 Å². The van der Waals surface area contributed by atoms with Crippen LogP contribution in [0.4, 0.5) is 10.5 Å². The molecule has 1 rings (SSSR count). The van der Waals surface area contributed by atoms with Crippen LogP contribution in [0.2, 0.25) is 0 Å². The molecule has 0 heterocycles. The molecular formula is C12H17NO3S. The van der Waals surface area contributed by atoms with Gasteiger partial charge in [0.1, 0.15) is 5.75 Å². The summed E-state index contributed by atoms with van der Waals surface area (Å²) in [5.41, 5.74) is 0.611. The molecular weight excluding hydrogens is 238 g/mol. The van der Waals surface area contributed by atoms with Gasteiger partial charge in [-0.15, -0.1) is 11.8 Å². The number of carbonyl (C=O) groups excluding carboxylic acids is 1. The van der Waals surface area contributed by atoms with Crippen molar-refractivity contribution in [1.29, 1.82) is 0 Å². The molecule has 1 amide bonds. The fraction of sp³-hybridized carbons (Fsp3) is 0.417. The molecule has 5 heteroatoms. The van der Waals surface area contributed by atoms with E-state index in [0.29, 0.717) is 11.4 Å². The average molecular weight is 255 g/mol. The van der Waals surface area contributed by atoms with Gasteiger partial charge in [0, 0.05) is 4.90 Å². The maximum Gasteiger partial charge on any atom is 0.411 e. The second-order valence-corrected chi connectivity index (χ2v) is 4.50. The van der Waals surface area contributed by atoms with E-state index in [2.05, 4.69) is 17.0 Å². The van der Waals surface area contributed by atoms with E-state index in [1.165, 1.54) is 7.11 Å². The van der Waals surface area contributed by atoms with Gasteiger partial charge in [0.15, 0.2) is 0 Å². The first kappa shape index (κ1) is 13.7. The standard InChI is InChI=1S/C12H17NO3S/c1-4-7-17-9-5-6-10(11(8-9)15-2)13-12(14)16-3/h5-6,8H,4,7H2,1-3H3,(H,13,14). The Kier molecular flexibility index (Phi) is 5.69. The number of hydrogen-bond donors (Lipinski definition) is 1. The number of thioether (sulfide) groups is 1. The van der Waals surface area contributed by atoms with Crippen molar-refractivity contribution < 1.29 is 14.3 Å². The molecule has 1 N–H and O–H groups in total. The highest BCUT2D eigenvalue weighted by Crippen LogP contribution is 2.30. The minimum Gasteiger partial charge on any atom is -0.495 e. The molecule has 0 fully saturated rings. The molecule has 17 heavy (non-hydrogen) atoms. The third-order valence-corrected chi connectivity index (χ3v) is 3.27. The van der Waals surface area contributed by atoms with Gasteiger partial charge in [-0.25, -0.2) is 4.79 Å². The number of ether oxygens (including phenoxy) is 2. The topological polar surface area (TPSA) is 47.6 Å². The zero-order chi connectivity index (χ0) is 12.7. The quantitative estimate of drug-likeness (QED) is 0.819. The second-order valence-electron chi connectivity index (χ2n) is 3.33. The Labute approximate surface area is 106 Å². The molecule has 0 saturated carbocycles. The van der Waals surface area contributed by atoms with Crippen LogP contribution in [0, 0.1) is 0 Å². The Morgan fingerprint density at radius 1 is 1.41 bits per heavy atom. The van der Waals surface area contributed by atoms with Gasteiger partial charge < -0.3 is 9.47 Å². The molecule has 94 valence electrons. The van der Waals surface area contributed by atoms with Crippen molar-refractivity contribution in [3.8, 4) is 5.75 Å². The third kappa shape index (κ3) is 4.19. The van der Waals surface area contributed by atoms with E-state index in [1.54, 1.807) is 18.9 Å². The van der Waals surface area contributed by atoms with Crippen LogP contribution in [-0.4, -0.2) is 26.1 Å². The van der Waals surface area contributed by atoms with Crippen molar-refractivity contribution in [2.24, 2.45) is 0 Å². The Morgan fingerprint density at radius 2 is 2.18 bits per heavy atom. The lowest BCUT2D eigenvalue weighted by atomic mass is 10.3. The summed E-state index contributed by atoms with van der Waals surface area (Å²) in [4.78, 5) is 12.2. The van der Waals surface area contributed by atoms with Crippen molar-refractivity contribution in [3.63, 3.8) is 0 Å². The normalized spacial score (nSPS) is 9.82. The number of amides is 1. The fourth-order valence-corrected chi connectivity index (χ4v) is 2.04. The minimum absolute atomic E-state index is 0.503. The van der Waals surface area contributed by atoms with E-state index in [1.807, 2.05) is 18.2 Å². The molecule has 0 bridgehead atoms. The molecule has 1 aromatic carbocycles. The first-order valence-electron chi connectivity index (χ1n) is 5.37. The molecule has 0 aromatic heterocycles. The predicted octanol–water partition coefficient (Wildman–Crippen LogP) is 3.38. The number of benzene rings is 1. The Bertz CT molecular complexity index is 382. The third-order valence-electron chi connectivity index (χ3n) is 2.07.